The van der Waals surface area contributed by atoms with Gasteiger partial charge in [0.2, 0.25) is 0 Å². The third-order valence-electron chi connectivity index (χ3n) is 2.46. The van der Waals surface area contributed by atoms with Gasteiger partial charge in [-0.05, 0) is 26.0 Å². The number of nitrogen functional groups attached to an aromatic ring is 2. The van der Waals surface area contributed by atoms with Crippen molar-refractivity contribution in [2.24, 2.45) is 0 Å². The van der Waals surface area contributed by atoms with Crippen LogP contribution in [0.15, 0.2) is 12.1 Å². The molecule has 0 saturated carbocycles. The van der Waals surface area contributed by atoms with Gasteiger partial charge < -0.3 is 11.5 Å². The summed E-state index contributed by atoms with van der Waals surface area (Å²) >= 11 is 5.77. The minimum atomic E-state index is -0.657. The molecule has 4 N–H and O–H groups in total. The molecule has 1 aromatic heterocycles. The molecule has 1 heterocycles. The molecular formula is C11H12ClFN4. The van der Waals surface area contributed by atoms with Gasteiger partial charge in [0.15, 0.2) is 5.82 Å². The molecule has 2 rings (SSSR count). The number of aromatic nitrogens is 2. The monoisotopic (exact) mass is 254 g/mol. The second-order valence-corrected chi connectivity index (χ2v) is 4.25. The lowest BCUT2D eigenvalue weighted by Gasteiger charge is -2.11. The molecule has 90 valence electrons. The molecule has 0 radical (unpaired) electrons. The largest absolute Gasteiger partial charge is 0.397 e. The lowest BCUT2D eigenvalue weighted by Crippen LogP contribution is -2.08. The molecule has 0 fully saturated rings. The number of nitrogens with zero attached hydrogens (tertiary/aromatic N) is 2. The van der Waals surface area contributed by atoms with Crippen LogP contribution in [0.4, 0.5) is 15.8 Å². The fourth-order valence-corrected chi connectivity index (χ4v) is 1.87. The summed E-state index contributed by atoms with van der Waals surface area (Å²) in [4.78, 5) is 0. The van der Waals surface area contributed by atoms with Crippen LogP contribution in [-0.4, -0.2) is 9.78 Å². The number of halogens is 2. The van der Waals surface area contributed by atoms with E-state index in [1.54, 1.807) is 0 Å². The van der Waals surface area contributed by atoms with Gasteiger partial charge in [-0.1, -0.05) is 11.6 Å². The van der Waals surface area contributed by atoms with Crippen molar-refractivity contribution in [1.82, 2.24) is 9.78 Å². The summed E-state index contributed by atoms with van der Waals surface area (Å²) in [6.07, 6.45) is 0. The summed E-state index contributed by atoms with van der Waals surface area (Å²) in [5.74, 6) is -0.657. The van der Waals surface area contributed by atoms with Gasteiger partial charge in [0, 0.05) is 5.69 Å². The lowest BCUT2D eigenvalue weighted by molar-refractivity contribution is 0.610. The minimum Gasteiger partial charge on any atom is -0.397 e. The highest BCUT2D eigenvalue weighted by molar-refractivity contribution is 6.33. The summed E-state index contributed by atoms with van der Waals surface area (Å²) in [5.41, 5.74) is 13.3. The number of aryl methyl sites for hydroxylation is 2. The number of benzene rings is 1. The molecule has 6 heteroatoms. The Hall–Kier alpha value is -1.75. The first-order chi connectivity index (χ1) is 7.91. The number of anilines is 2. The third-order valence-corrected chi connectivity index (χ3v) is 2.84. The molecule has 0 aliphatic carbocycles. The summed E-state index contributed by atoms with van der Waals surface area (Å²) in [5, 5.41) is 4.03. The SMILES string of the molecule is Cc1cc(C)n(-c2c(N)cc(N)c(Cl)c2F)n1. The molecule has 0 amide bonds. The van der Waals surface area contributed by atoms with Crippen molar-refractivity contribution in [3.05, 3.63) is 34.4 Å². The van der Waals surface area contributed by atoms with Crippen molar-refractivity contribution >= 4 is 23.0 Å². The van der Waals surface area contributed by atoms with E-state index < -0.39 is 5.82 Å². The molecule has 0 aliphatic rings. The molecular weight excluding hydrogens is 243 g/mol. The standard InChI is InChI=1S/C11H12ClFN4/c1-5-3-6(2)17(16-5)11-8(15)4-7(14)9(12)10(11)13/h3-4H,14-15H2,1-2H3. The lowest BCUT2D eigenvalue weighted by atomic mass is 10.2. The van der Waals surface area contributed by atoms with Crippen LogP contribution in [0.1, 0.15) is 11.4 Å². The fraction of sp³-hybridized carbons (Fsp3) is 0.182. The summed E-state index contributed by atoms with van der Waals surface area (Å²) in [6, 6.07) is 3.25. The zero-order valence-electron chi connectivity index (χ0n) is 9.46. The number of hydrogen-bond donors (Lipinski definition) is 2. The van der Waals surface area contributed by atoms with Gasteiger partial charge in [-0.25, -0.2) is 9.07 Å². The zero-order chi connectivity index (χ0) is 12.7. The molecule has 0 spiro atoms. The molecule has 17 heavy (non-hydrogen) atoms. The molecule has 2 aromatic rings. The highest BCUT2D eigenvalue weighted by atomic mass is 35.5. The van der Waals surface area contributed by atoms with E-state index in [1.165, 1.54) is 10.7 Å². The Morgan fingerprint density at radius 3 is 2.41 bits per heavy atom. The molecule has 0 bridgehead atoms. The maximum atomic E-state index is 14.0. The molecule has 0 saturated heterocycles. The Labute approximate surface area is 103 Å². The van der Waals surface area contributed by atoms with Gasteiger partial charge in [0.25, 0.3) is 0 Å². The molecule has 1 aromatic carbocycles. The quantitative estimate of drug-likeness (QED) is 0.768. The van der Waals surface area contributed by atoms with E-state index in [2.05, 4.69) is 5.10 Å². The average Bonchev–Trinajstić information content (AvgIpc) is 2.55. The van der Waals surface area contributed by atoms with Crippen LogP contribution in [0.25, 0.3) is 5.69 Å². The second-order valence-electron chi connectivity index (χ2n) is 3.87. The summed E-state index contributed by atoms with van der Waals surface area (Å²) in [7, 11) is 0. The van der Waals surface area contributed by atoms with Crippen LogP contribution < -0.4 is 11.5 Å². The zero-order valence-corrected chi connectivity index (χ0v) is 10.2. The van der Waals surface area contributed by atoms with E-state index in [0.29, 0.717) is 0 Å². The summed E-state index contributed by atoms with van der Waals surface area (Å²) in [6.45, 7) is 3.62. The number of hydrogen-bond acceptors (Lipinski definition) is 3. The van der Waals surface area contributed by atoms with Crippen LogP contribution in [0.2, 0.25) is 5.02 Å². The smallest absolute Gasteiger partial charge is 0.171 e. The Morgan fingerprint density at radius 1 is 1.24 bits per heavy atom. The van der Waals surface area contributed by atoms with E-state index in [1.807, 2.05) is 19.9 Å². The van der Waals surface area contributed by atoms with E-state index in [9.17, 15) is 4.39 Å². The average molecular weight is 255 g/mol. The molecule has 0 aliphatic heterocycles. The molecule has 4 nitrogen and oxygen atoms in total. The van der Waals surface area contributed by atoms with Crippen LogP contribution in [0, 0.1) is 19.7 Å². The van der Waals surface area contributed by atoms with Crippen molar-refractivity contribution in [2.45, 2.75) is 13.8 Å². The number of rotatable bonds is 1. The van der Waals surface area contributed by atoms with Gasteiger partial charge in [-0.2, -0.15) is 5.10 Å². The van der Waals surface area contributed by atoms with E-state index in [4.69, 9.17) is 23.1 Å². The summed E-state index contributed by atoms with van der Waals surface area (Å²) < 4.78 is 15.5. The third kappa shape index (κ3) is 1.82. The van der Waals surface area contributed by atoms with Crippen LogP contribution in [0.5, 0.6) is 0 Å². The van der Waals surface area contributed by atoms with E-state index in [-0.39, 0.29) is 22.1 Å². The first-order valence-electron chi connectivity index (χ1n) is 4.98. The predicted octanol–water partition coefficient (Wildman–Crippen LogP) is 2.45. The Morgan fingerprint density at radius 2 is 1.88 bits per heavy atom. The van der Waals surface area contributed by atoms with Crippen molar-refractivity contribution in [2.75, 3.05) is 11.5 Å². The van der Waals surface area contributed by atoms with Gasteiger partial charge in [0.05, 0.1) is 17.1 Å². The van der Waals surface area contributed by atoms with Crippen LogP contribution in [0.3, 0.4) is 0 Å². The number of nitrogens with two attached hydrogens (primary N) is 2. The maximum absolute atomic E-state index is 14.0. The van der Waals surface area contributed by atoms with Crippen LogP contribution >= 0.6 is 11.6 Å². The van der Waals surface area contributed by atoms with Gasteiger partial charge in [-0.15, -0.1) is 0 Å². The van der Waals surface area contributed by atoms with Crippen molar-refractivity contribution in [3.63, 3.8) is 0 Å². The van der Waals surface area contributed by atoms with E-state index >= 15 is 0 Å². The molecule has 0 unspecified atom stereocenters. The normalized spacial score (nSPS) is 10.8. The Balaban J connectivity index is 2.76. The molecule has 0 atom stereocenters. The Bertz CT molecular complexity index is 592. The van der Waals surface area contributed by atoms with Crippen molar-refractivity contribution in [1.29, 1.82) is 0 Å². The topological polar surface area (TPSA) is 69.9 Å². The first-order valence-corrected chi connectivity index (χ1v) is 5.36. The second kappa shape index (κ2) is 3.92. The van der Waals surface area contributed by atoms with Crippen molar-refractivity contribution in [3.8, 4) is 5.69 Å². The fourth-order valence-electron chi connectivity index (χ4n) is 1.73. The van der Waals surface area contributed by atoms with Gasteiger partial charge >= 0.3 is 0 Å². The first kappa shape index (κ1) is 11.7. The minimum absolute atomic E-state index is 0.118. The highest BCUT2D eigenvalue weighted by Crippen LogP contribution is 2.32. The van der Waals surface area contributed by atoms with Gasteiger partial charge in [0.1, 0.15) is 10.7 Å². The maximum Gasteiger partial charge on any atom is 0.171 e. The van der Waals surface area contributed by atoms with Gasteiger partial charge in [-0.3, -0.25) is 0 Å². The Kier molecular flexibility index (Phi) is 2.71. The van der Waals surface area contributed by atoms with Crippen LogP contribution in [-0.2, 0) is 0 Å². The van der Waals surface area contributed by atoms with E-state index in [0.717, 1.165) is 11.4 Å². The highest BCUT2D eigenvalue weighted by Gasteiger charge is 2.18. The van der Waals surface area contributed by atoms with Crippen molar-refractivity contribution < 1.29 is 4.39 Å². The predicted molar refractivity (Wildman–Crippen MR) is 66.8 cm³/mol.